The second-order valence-electron chi connectivity index (χ2n) is 4.37. The normalized spacial score (nSPS) is 10.4. The predicted octanol–water partition coefficient (Wildman–Crippen LogP) is 3.48. The molecule has 0 amide bonds. The van der Waals surface area contributed by atoms with Crippen molar-refractivity contribution in [1.82, 2.24) is 4.98 Å². The van der Waals surface area contributed by atoms with Crippen molar-refractivity contribution in [2.75, 3.05) is 5.32 Å². The van der Waals surface area contributed by atoms with Crippen LogP contribution in [0.5, 0.6) is 5.75 Å². The van der Waals surface area contributed by atoms with E-state index in [1.54, 1.807) is 6.20 Å². The maximum atomic E-state index is 5.59. The van der Waals surface area contributed by atoms with Crippen LogP contribution in [-0.4, -0.2) is 11.1 Å². The number of anilines is 1. The summed E-state index contributed by atoms with van der Waals surface area (Å²) in [7, 11) is 0. The van der Waals surface area contributed by atoms with Crippen LogP contribution in [0.15, 0.2) is 48.7 Å². The molecule has 0 spiro atoms. The first-order valence-electron chi connectivity index (χ1n) is 6.14. The van der Waals surface area contributed by atoms with Crippen LogP contribution in [-0.2, 0) is 6.54 Å². The minimum absolute atomic E-state index is 0.206. The lowest BCUT2D eigenvalue weighted by atomic mass is 10.3. The van der Waals surface area contributed by atoms with Gasteiger partial charge >= 0.3 is 0 Å². The Morgan fingerprint density at radius 1 is 1.11 bits per heavy atom. The lowest BCUT2D eigenvalue weighted by Crippen LogP contribution is -2.05. The zero-order valence-electron chi connectivity index (χ0n) is 10.8. The molecule has 0 radical (unpaired) electrons. The molecule has 1 heterocycles. The molecule has 2 rings (SSSR count). The van der Waals surface area contributed by atoms with Gasteiger partial charge in [-0.2, -0.15) is 0 Å². The number of benzene rings is 1. The van der Waals surface area contributed by atoms with Crippen molar-refractivity contribution in [3.05, 3.63) is 54.4 Å². The van der Waals surface area contributed by atoms with Crippen molar-refractivity contribution in [3.63, 3.8) is 0 Å². The fourth-order valence-electron chi connectivity index (χ4n) is 1.62. The van der Waals surface area contributed by atoms with E-state index < -0.39 is 0 Å². The minimum Gasteiger partial charge on any atom is -0.491 e. The second-order valence-corrected chi connectivity index (χ2v) is 4.37. The van der Waals surface area contributed by atoms with Gasteiger partial charge in [-0.1, -0.05) is 6.07 Å². The third-order valence-corrected chi connectivity index (χ3v) is 2.43. The fraction of sp³-hybridized carbons (Fsp3) is 0.267. The highest BCUT2D eigenvalue weighted by Crippen LogP contribution is 2.17. The summed E-state index contributed by atoms with van der Waals surface area (Å²) in [5, 5.41) is 3.32. The maximum Gasteiger partial charge on any atom is 0.119 e. The number of ether oxygens (including phenoxy) is 1. The number of pyridine rings is 1. The minimum atomic E-state index is 0.206. The van der Waals surface area contributed by atoms with E-state index in [4.69, 9.17) is 4.74 Å². The molecule has 18 heavy (non-hydrogen) atoms. The Hall–Kier alpha value is -2.03. The topological polar surface area (TPSA) is 34.1 Å². The Bertz CT molecular complexity index is 466. The van der Waals surface area contributed by atoms with Crippen LogP contribution in [0.3, 0.4) is 0 Å². The van der Waals surface area contributed by atoms with Crippen LogP contribution in [0.4, 0.5) is 5.69 Å². The summed E-state index contributed by atoms with van der Waals surface area (Å²) in [6.45, 7) is 4.77. The number of hydrogen-bond donors (Lipinski definition) is 1. The molecule has 94 valence electrons. The van der Waals surface area contributed by atoms with Crippen molar-refractivity contribution in [3.8, 4) is 5.75 Å². The monoisotopic (exact) mass is 242 g/mol. The van der Waals surface area contributed by atoms with E-state index >= 15 is 0 Å². The van der Waals surface area contributed by atoms with Gasteiger partial charge in [-0.15, -0.1) is 0 Å². The number of aromatic nitrogens is 1. The van der Waals surface area contributed by atoms with E-state index in [1.165, 1.54) is 0 Å². The zero-order valence-corrected chi connectivity index (χ0v) is 10.8. The van der Waals surface area contributed by atoms with Gasteiger partial charge < -0.3 is 10.1 Å². The average Bonchev–Trinajstić information content (AvgIpc) is 2.38. The van der Waals surface area contributed by atoms with Crippen LogP contribution < -0.4 is 10.1 Å². The summed E-state index contributed by atoms with van der Waals surface area (Å²) < 4.78 is 5.59. The summed E-state index contributed by atoms with van der Waals surface area (Å²) >= 11 is 0. The Kier molecular flexibility index (Phi) is 4.18. The Morgan fingerprint density at radius 3 is 2.50 bits per heavy atom. The molecule has 3 nitrogen and oxygen atoms in total. The quantitative estimate of drug-likeness (QED) is 0.871. The van der Waals surface area contributed by atoms with Crippen molar-refractivity contribution < 1.29 is 4.74 Å². The van der Waals surface area contributed by atoms with Gasteiger partial charge in [0, 0.05) is 11.9 Å². The first-order valence-corrected chi connectivity index (χ1v) is 6.14. The molecule has 0 saturated carbocycles. The van der Waals surface area contributed by atoms with Crippen LogP contribution in [0.1, 0.15) is 19.5 Å². The van der Waals surface area contributed by atoms with Crippen LogP contribution >= 0.6 is 0 Å². The van der Waals surface area contributed by atoms with Gasteiger partial charge in [0.1, 0.15) is 5.75 Å². The molecule has 0 bridgehead atoms. The van der Waals surface area contributed by atoms with Gasteiger partial charge in [-0.3, -0.25) is 4.98 Å². The number of hydrogen-bond acceptors (Lipinski definition) is 3. The van der Waals surface area contributed by atoms with Crippen molar-refractivity contribution >= 4 is 5.69 Å². The van der Waals surface area contributed by atoms with Crippen LogP contribution in [0.2, 0.25) is 0 Å². The molecule has 0 fully saturated rings. The third-order valence-electron chi connectivity index (χ3n) is 2.43. The smallest absolute Gasteiger partial charge is 0.119 e. The van der Waals surface area contributed by atoms with Gasteiger partial charge in [0.05, 0.1) is 18.3 Å². The molecule has 1 aromatic heterocycles. The molecule has 0 aliphatic carbocycles. The summed E-state index contributed by atoms with van der Waals surface area (Å²) in [6.07, 6.45) is 2.01. The third kappa shape index (κ3) is 3.77. The maximum absolute atomic E-state index is 5.59. The van der Waals surface area contributed by atoms with Crippen LogP contribution in [0.25, 0.3) is 0 Å². The molecule has 0 unspecified atom stereocenters. The zero-order chi connectivity index (χ0) is 12.8. The van der Waals surface area contributed by atoms with E-state index in [-0.39, 0.29) is 6.10 Å². The lowest BCUT2D eigenvalue weighted by molar-refractivity contribution is 0.242. The van der Waals surface area contributed by atoms with Gasteiger partial charge in [0.2, 0.25) is 0 Å². The fourth-order valence-corrected chi connectivity index (χ4v) is 1.62. The summed E-state index contributed by atoms with van der Waals surface area (Å²) in [4.78, 5) is 4.26. The first kappa shape index (κ1) is 12.4. The average molecular weight is 242 g/mol. The molecular formula is C15H18N2O. The van der Waals surface area contributed by atoms with E-state index in [2.05, 4.69) is 10.3 Å². The molecule has 2 aromatic rings. The number of rotatable bonds is 5. The molecule has 0 aliphatic rings. The molecule has 0 saturated heterocycles. The highest BCUT2D eigenvalue weighted by Gasteiger charge is 1.98. The van der Waals surface area contributed by atoms with Crippen LogP contribution in [0, 0.1) is 0 Å². The van der Waals surface area contributed by atoms with Gasteiger partial charge in [0.25, 0.3) is 0 Å². The Labute approximate surface area is 108 Å². The standard InChI is InChI=1S/C15H18N2O/c1-12(2)18-15-8-6-13(7-9-15)17-11-14-5-3-4-10-16-14/h3-10,12,17H,11H2,1-2H3. The van der Waals surface area contributed by atoms with Gasteiger partial charge in [-0.05, 0) is 50.2 Å². The molecule has 0 aliphatic heterocycles. The van der Waals surface area contributed by atoms with E-state index in [9.17, 15) is 0 Å². The van der Waals surface area contributed by atoms with E-state index in [0.29, 0.717) is 0 Å². The van der Waals surface area contributed by atoms with Gasteiger partial charge in [0.15, 0.2) is 0 Å². The van der Waals surface area contributed by atoms with Crippen molar-refractivity contribution in [1.29, 1.82) is 0 Å². The largest absolute Gasteiger partial charge is 0.491 e. The first-order chi connectivity index (χ1) is 8.74. The Morgan fingerprint density at radius 2 is 1.89 bits per heavy atom. The van der Waals surface area contributed by atoms with Crippen molar-refractivity contribution in [2.24, 2.45) is 0 Å². The summed E-state index contributed by atoms with van der Waals surface area (Å²) in [5.41, 5.74) is 2.09. The summed E-state index contributed by atoms with van der Waals surface area (Å²) in [5.74, 6) is 0.897. The molecule has 3 heteroatoms. The molecule has 1 N–H and O–H groups in total. The number of nitrogens with one attached hydrogen (secondary N) is 1. The highest BCUT2D eigenvalue weighted by molar-refractivity contribution is 5.46. The van der Waals surface area contributed by atoms with Gasteiger partial charge in [-0.25, -0.2) is 0 Å². The SMILES string of the molecule is CC(C)Oc1ccc(NCc2ccccn2)cc1. The predicted molar refractivity (Wildman–Crippen MR) is 73.8 cm³/mol. The Balaban J connectivity index is 1.90. The number of nitrogens with zero attached hydrogens (tertiary/aromatic N) is 1. The molecular weight excluding hydrogens is 224 g/mol. The highest BCUT2D eigenvalue weighted by atomic mass is 16.5. The van der Waals surface area contributed by atoms with E-state index in [1.807, 2.05) is 56.3 Å². The second kappa shape index (κ2) is 6.05. The van der Waals surface area contributed by atoms with E-state index in [0.717, 1.165) is 23.7 Å². The molecule has 0 atom stereocenters. The summed E-state index contributed by atoms with van der Waals surface area (Å²) in [6, 6.07) is 13.9. The van der Waals surface area contributed by atoms with Crippen molar-refractivity contribution in [2.45, 2.75) is 26.5 Å². The lowest BCUT2D eigenvalue weighted by Gasteiger charge is -2.11. The molecule has 1 aromatic carbocycles.